The molecule has 4 aromatic rings. The summed E-state index contributed by atoms with van der Waals surface area (Å²) in [5, 5.41) is 9.52. The zero-order chi connectivity index (χ0) is 22.1. The summed E-state index contributed by atoms with van der Waals surface area (Å²) in [7, 11) is 3.78. The fraction of sp³-hybridized carbons (Fsp3) is 0.174. The Kier molecular flexibility index (Phi) is 4.98. The molecule has 162 valence electrons. The molecule has 0 unspecified atom stereocenters. The van der Waals surface area contributed by atoms with Crippen LogP contribution in [0.25, 0.3) is 11.4 Å². The molecule has 1 aliphatic heterocycles. The van der Waals surface area contributed by atoms with E-state index in [1.54, 1.807) is 17.2 Å². The SMILES string of the molecule is CNc1cccc(Cn2c3c([nH]c2=O)-c2ncn(Cc4ccccc4NC)c2N=CN3)c1. The molecule has 4 N–H and O–H groups in total. The maximum Gasteiger partial charge on any atom is 0.327 e. The van der Waals surface area contributed by atoms with Gasteiger partial charge in [-0.15, -0.1) is 0 Å². The van der Waals surface area contributed by atoms with Gasteiger partial charge in [0.1, 0.15) is 17.2 Å². The number of aromatic amines is 1. The second-order valence-electron chi connectivity index (χ2n) is 7.54. The number of imidazole rings is 2. The first-order valence-corrected chi connectivity index (χ1v) is 10.4. The second kappa shape index (κ2) is 8.10. The predicted octanol–water partition coefficient (Wildman–Crippen LogP) is 3.31. The Balaban J connectivity index is 1.52. The van der Waals surface area contributed by atoms with Gasteiger partial charge in [-0.3, -0.25) is 4.57 Å². The van der Waals surface area contributed by atoms with Crippen molar-refractivity contribution in [1.29, 1.82) is 0 Å². The number of hydrogen-bond acceptors (Lipinski definition) is 6. The molecular formula is C23H24N8O. The van der Waals surface area contributed by atoms with Crippen molar-refractivity contribution in [3.63, 3.8) is 0 Å². The summed E-state index contributed by atoms with van der Waals surface area (Å²) in [6.07, 6.45) is 3.37. The average Bonchev–Trinajstić information content (AvgIpc) is 3.29. The summed E-state index contributed by atoms with van der Waals surface area (Å²) in [6.45, 7) is 1.03. The average molecular weight is 429 g/mol. The number of nitrogens with one attached hydrogen (secondary N) is 4. The Morgan fingerprint density at radius 1 is 1.03 bits per heavy atom. The lowest BCUT2D eigenvalue weighted by Crippen LogP contribution is -2.19. The fourth-order valence-corrected chi connectivity index (χ4v) is 3.99. The van der Waals surface area contributed by atoms with Gasteiger partial charge in [-0.1, -0.05) is 30.3 Å². The van der Waals surface area contributed by atoms with Crippen LogP contribution in [0.15, 0.2) is 64.6 Å². The van der Waals surface area contributed by atoms with E-state index in [1.165, 1.54) is 0 Å². The lowest BCUT2D eigenvalue weighted by molar-refractivity contribution is 0.771. The van der Waals surface area contributed by atoms with Crippen LogP contribution in [0.3, 0.4) is 0 Å². The molecule has 0 bridgehead atoms. The molecule has 32 heavy (non-hydrogen) atoms. The molecule has 2 aromatic carbocycles. The van der Waals surface area contributed by atoms with E-state index >= 15 is 0 Å². The highest BCUT2D eigenvalue weighted by molar-refractivity contribution is 5.90. The van der Waals surface area contributed by atoms with Crippen molar-refractivity contribution < 1.29 is 0 Å². The molecule has 0 radical (unpaired) electrons. The number of benzene rings is 2. The van der Waals surface area contributed by atoms with Crippen molar-refractivity contribution in [2.24, 2.45) is 4.99 Å². The lowest BCUT2D eigenvalue weighted by atomic mass is 10.1. The van der Waals surface area contributed by atoms with Gasteiger partial charge in [0.05, 0.1) is 25.8 Å². The number of para-hydroxylation sites is 1. The molecule has 1 aliphatic rings. The minimum absolute atomic E-state index is 0.200. The summed E-state index contributed by atoms with van der Waals surface area (Å²) in [6, 6.07) is 16.1. The Morgan fingerprint density at radius 3 is 2.75 bits per heavy atom. The van der Waals surface area contributed by atoms with E-state index in [9.17, 15) is 4.79 Å². The van der Waals surface area contributed by atoms with Gasteiger partial charge < -0.3 is 25.5 Å². The highest BCUT2D eigenvalue weighted by atomic mass is 16.1. The summed E-state index contributed by atoms with van der Waals surface area (Å²) in [5.41, 5.74) is 5.25. The van der Waals surface area contributed by atoms with Crippen LogP contribution < -0.4 is 21.6 Å². The van der Waals surface area contributed by atoms with Crippen molar-refractivity contribution in [2.45, 2.75) is 13.1 Å². The molecule has 5 rings (SSSR count). The van der Waals surface area contributed by atoms with Gasteiger partial charge in [0, 0.05) is 25.5 Å². The van der Waals surface area contributed by atoms with Crippen LogP contribution in [0.5, 0.6) is 0 Å². The molecule has 0 amide bonds. The Bertz CT molecular complexity index is 1360. The number of rotatable bonds is 6. The van der Waals surface area contributed by atoms with E-state index in [0.29, 0.717) is 36.1 Å². The van der Waals surface area contributed by atoms with Gasteiger partial charge in [-0.05, 0) is 29.3 Å². The smallest absolute Gasteiger partial charge is 0.327 e. The van der Waals surface area contributed by atoms with Crippen LogP contribution in [-0.2, 0) is 13.1 Å². The van der Waals surface area contributed by atoms with Gasteiger partial charge in [-0.2, -0.15) is 0 Å². The third-order valence-corrected chi connectivity index (χ3v) is 5.60. The number of H-pyrrole nitrogens is 1. The lowest BCUT2D eigenvalue weighted by Gasteiger charge is -2.10. The van der Waals surface area contributed by atoms with Crippen LogP contribution >= 0.6 is 0 Å². The predicted molar refractivity (Wildman–Crippen MR) is 128 cm³/mol. The topological polar surface area (TPSA) is 104 Å². The molecule has 9 heteroatoms. The molecule has 0 saturated heterocycles. The standard InChI is InChI=1S/C23H24N8O/c1-24-17-8-5-6-15(10-17)11-31-22-20(29-23(31)32)19-21(26-13-27-22)30(14-28-19)12-16-7-3-4-9-18(16)25-2/h3-10,13-14,24-25H,11-12H2,1-2H3,(H,26,27)(H,29,32). The molecule has 0 saturated carbocycles. The highest BCUT2D eigenvalue weighted by Gasteiger charge is 2.24. The van der Waals surface area contributed by atoms with Gasteiger partial charge in [0.25, 0.3) is 0 Å². The van der Waals surface area contributed by atoms with Crippen molar-refractivity contribution in [1.82, 2.24) is 19.1 Å². The largest absolute Gasteiger partial charge is 0.388 e. The maximum atomic E-state index is 12.8. The van der Waals surface area contributed by atoms with E-state index < -0.39 is 0 Å². The van der Waals surface area contributed by atoms with Crippen molar-refractivity contribution in [2.75, 3.05) is 30.0 Å². The molecule has 0 atom stereocenters. The molecule has 9 nitrogen and oxygen atoms in total. The van der Waals surface area contributed by atoms with E-state index in [4.69, 9.17) is 0 Å². The third-order valence-electron chi connectivity index (χ3n) is 5.60. The first-order valence-electron chi connectivity index (χ1n) is 10.4. The summed E-state index contributed by atoms with van der Waals surface area (Å²) in [4.78, 5) is 25.0. The van der Waals surface area contributed by atoms with Crippen LogP contribution in [0.1, 0.15) is 11.1 Å². The van der Waals surface area contributed by atoms with E-state index in [2.05, 4.69) is 37.0 Å². The summed E-state index contributed by atoms with van der Waals surface area (Å²) >= 11 is 0. The minimum Gasteiger partial charge on any atom is -0.388 e. The van der Waals surface area contributed by atoms with Gasteiger partial charge in [0.2, 0.25) is 0 Å². The Morgan fingerprint density at radius 2 is 1.91 bits per heavy atom. The number of anilines is 3. The molecule has 2 aromatic heterocycles. The quantitative estimate of drug-likeness (QED) is 0.377. The normalized spacial score (nSPS) is 11.9. The van der Waals surface area contributed by atoms with Crippen molar-refractivity contribution in [3.05, 3.63) is 76.5 Å². The fourth-order valence-electron chi connectivity index (χ4n) is 3.99. The molecular weight excluding hydrogens is 404 g/mol. The van der Waals surface area contributed by atoms with Crippen LogP contribution in [0.2, 0.25) is 0 Å². The highest BCUT2D eigenvalue weighted by Crippen LogP contribution is 2.35. The zero-order valence-corrected chi connectivity index (χ0v) is 17.9. The summed E-state index contributed by atoms with van der Waals surface area (Å²) in [5.74, 6) is 1.33. The molecule has 3 heterocycles. The number of aromatic nitrogens is 4. The van der Waals surface area contributed by atoms with E-state index in [0.717, 1.165) is 22.5 Å². The van der Waals surface area contributed by atoms with Gasteiger partial charge in [0.15, 0.2) is 5.82 Å². The summed E-state index contributed by atoms with van der Waals surface area (Å²) < 4.78 is 3.64. The first kappa shape index (κ1) is 19.7. The van der Waals surface area contributed by atoms with Crippen LogP contribution in [0.4, 0.5) is 23.0 Å². The molecule has 0 fully saturated rings. The Hall–Kier alpha value is -4.27. The Labute approximate surface area is 184 Å². The minimum atomic E-state index is -0.200. The number of nitrogens with zero attached hydrogens (tertiary/aromatic N) is 4. The van der Waals surface area contributed by atoms with E-state index in [1.807, 2.05) is 61.1 Å². The van der Waals surface area contributed by atoms with Crippen LogP contribution in [-0.4, -0.2) is 39.5 Å². The second-order valence-corrected chi connectivity index (χ2v) is 7.54. The molecule has 0 spiro atoms. The van der Waals surface area contributed by atoms with Gasteiger partial charge >= 0.3 is 5.69 Å². The number of hydrogen-bond donors (Lipinski definition) is 4. The number of fused-ring (bicyclic) bond motifs is 3. The first-order chi connectivity index (χ1) is 15.7. The zero-order valence-electron chi connectivity index (χ0n) is 17.9. The van der Waals surface area contributed by atoms with Crippen LogP contribution in [0, 0.1) is 0 Å². The maximum absolute atomic E-state index is 12.8. The van der Waals surface area contributed by atoms with Crippen molar-refractivity contribution in [3.8, 4) is 11.4 Å². The molecule has 0 aliphatic carbocycles. The van der Waals surface area contributed by atoms with Crippen molar-refractivity contribution >= 4 is 29.3 Å². The third kappa shape index (κ3) is 3.43. The number of aliphatic imine (C=N–C) groups is 1. The van der Waals surface area contributed by atoms with E-state index in [-0.39, 0.29) is 5.69 Å². The van der Waals surface area contributed by atoms with Gasteiger partial charge in [-0.25, -0.2) is 14.8 Å². The monoisotopic (exact) mass is 428 g/mol.